The molecule has 9 heteroatoms. The summed E-state index contributed by atoms with van der Waals surface area (Å²) in [6, 6.07) is 10.2. The van der Waals surface area contributed by atoms with Gasteiger partial charge in [-0.1, -0.05) is 11.6 Å². The molecule has 0 bridgehead atoms. The molecular formula is C18H16ClN3O4S. The molecule has 0 fully saturated rings. The standard InChI is InChI=1S/C18H16ClN3O4S/c19-14-3-1-12(2-4-14)18-20-9-13-10-22(8-7-16(13)21-18)11-15-5-6-17(26-15)27(23,24)25/h1-6,9H,7-8,10-11H2,(H,23,24,25). The maximum Gasteiger partial charge on any atom is 0.328 e. The van der Waals surface area contributed by atoms with Crippen molar-refractivity contribution in [2.75, 3.05) is 6.54 Å². The first-order chi connectivity index (χ1) is 12.9. The molecule has 0 amide bonds. The molecule has 1 aromatic carbocycles. The molecule has 1 N–H and O–H groups in total. The first-order valence-corrected chi connectivity index (χ1v) is 10.1. The molecule has 3 aromatic rings. The van der Waals surface area contributed by atoms with Gasteiger partial charge in [-0.15, -0.1) is 0 Å². The Bertz CT molecular complexity index is 1080. The van der Waals surface area contributed by atoms with E-state index in [-0.39, 0.29) is 0 Å². The van der Waals surface area contributed by atoms with Gasteiger partial charge in [-0.3, -0.25) is 9.45 Å². The molecule has 3 heterocycles. The zero-order chi connectivity index (χ0) is 19.0. The van der Waals surface area contributed by atoms with Crippen molar-refractivity contribution in [2.45, 2.75) is 24.6 Å². The van der Waals surface area contributed by atoms with Gasteiger partial charge in [-0.25, -0.2) is 9.97 Å². The third-order valence-corrected chi connectivity index (χ3v) is 5.37. The highest BCUT2D eigenvalue weighted by Crippen LogP contribution is 2.24. The Balaban J connectivity index is 1.49. The summed E-state index contributed by atoms with van der Waals surface area (Å²) < 4.78 is 36.4. The van der Waals surface area contributed by atoms with E-state index in [1.165, 1.54) is 6.07 Å². The van der Waals surface area contributed by atoms with Gasteiger partial charge < -0.3 is 4.42 Å². The molecule has 27 heavy (non-hydrogen) atoms. The third kappa shape index (κ3) is 4.03. The number of hydrogen-bond donors (Lipinski definition) is 1. The topological polar surface area (TPSA) is 96.5 Å². The molecule has 0 spiro atoms. The largest absolute Gasteiger partial charge is 0.446 e. The van der Waals surface area contributed by atoms with Crippen LogP contribution in [0, 0.1) is 0 Å². The minimum Gasteiger partial charge on any atom is -0.446 e. The van der Waals surface area contributed by atoms with Crippen LogP contribution < -0.4 is 0 Å². The second kappa shape index (κ2) is 7.05. The van der Waals surface area contributed by atoms with Crippen LogP contribution in [0.25, 0.3) is 11.4 Å². The molecule has 0 saturated heterocycles. The predicted octanol–water partition coefficient (Wildman–Crippen LogP) is 3.20. The lowest BCUT2D eigenvalue weighted by molar-refractivity contribution is 0.216. The van der Waals surface area contributed by atoms with E-state index >= 15 is 0 Å². The van der Waals surface area contributed by atoms with Crippen LogP contribution in [-0.2, 0) is 29.6 Å². The van der Waals surface area contributed by atoms with Crippen molar-refractivity contribution >= 4 is 21.7 Å². The highest BCUT2D eigenvalue weighted by atomic mass is 35.5. The monoisotopic (exact) mass is 405 g/mol. The number of hydrogen-bond acceptors (Lipinski definition) is 6. The number of benzene rings is 1. The molecule has 0 aliphatic carbocycles. The average molecular weight is 406 g/mol. The fraction of sp³-hybridized carbons (Fsp3) is 0.222. The number of furan rings is 1. The Kier molecular flexibility index (Phi) is 4.73. The molecule has 0 unspecified atom stereocenters. The lowest BCUT2D eigenvalue weighted by Crippen LogP contribution is -2.30. The van der Waals surface area contributed by atoms with Crippen molar-refractivity contribution in [2.24, 2.45) is 0 Å². The Morgan fingerprint density at radius 3 is 2.67 bits per heavy atom. The Morgan fingerprint density at radius 1 is 1.19 bits per heavy atom. The first-order valence-electron chi connectivity index (χ1n) is 8.28. The predicted molar refractivity (Wildman–Crippen MR) is 98.8 cm³/mol. The van der Waals surface area contributed by atoms with Crippen molar-refractivity contribution in [3.63, 3.8) is 0 Å². The summed E-state index contributed by atoms with van der Waals surface area (Å²) in [6.07, 6.45) is 2.58. The Morgan fingerprint density at radius 2 is 1.96 bits per heavy atom. The molecule has 0 radical (unpaired) electrons. The minimum absolute atomic E-state index is 0.438. The van der Waals surface area contributed by atoms with Gasteiger partial charge in [0.25, 0.3) is 0 Å². The van der Waals surface area contributed by atoms with Crippen LogP contribution in [0.2, 0.25) is 5.02 Å². The van der Waals surface area contributed by atoms with Crippen molar-refractivity contribution in [1.29, 1.82) is 0 Å². The Labute approximate surface area is 161 Å². The zero-order valence-electron chi connectivity index (χ0n) is 14.2. The number of nitrogens with zero attached hydrogens (tertiary/aromatic N) is 3. The molecule has 1 aliphatic rings. The van der Waals surface area contributed by atoms with Gasteiger partial charge in [0.1, 0.15) is 5.76 Å². The third-order valence-electron chi connectivity index (χ3n) is 4.39. The summed E-state index contributed by atoms with van der Waals surface area (Å²) in [7, 11) is -4.32. The van der Waals surface area contributed by atoms with Crippen molar-refractivity contribution < 1.29 is 17.4 Å². The summed E-state index contributed by atoms with van der Waals surface area (Å²) in [5.41, 5.74) is 2.95. The molecule has 0 atom stereocenters. The lowest BCUT2D eigenvalue weighted by Gasteiger charge is -2.27. The molecular weight excluding hydrogens is 390 g/mol. The number of fused-ring (bicyclic) bond motifs is 1. The maximum atomic E-state index is 11.1. The normalized spacial score (nSPS) is 14.9. The van der Waals surface area contributed by atoms with Crippen molar-refractivity contribution in [3.05, 3.63) is 64.6 Å². The van der Waals surface area contributed by atoms with Crippen molar-refractivity contribution in [3.8, 4) is 11.4 Å². The summed E-state index contributed by atoms with van der Waals surface area (Å²) in [5.74, 6) is 1.15. The van der Waals surface area contributed by atoms with Crippen LogP contribution in [0.5, 0.6) is 0 Å². The van der Waals surface area contributed by atoms with Crippen LogP contribution in [-0.4, -0.2) is 34.4 Å². The highest BCUT2D eigenvalue weighted by molar-refractivity contribution is 7.85. The Hall–Kier alpha value is -2.26. The second-order valence-corrected chi connectivity index (χ2v) is 8.12. The van der Waals surface area contributed by atoms with E-state index < -0.39 is 15.2 Å². The molecule has 1 aliphatic heterocycles. The first kappa shape index (κ1) is 18.1. The van der Waals surface area contributed by atoms with Gasteiger partial charge in [0.15, 0.2) is 5.82 Å². The molecule has 140 valence electrons. The molecule has 2 aromatic heterocycles. The van der Waals surface area contributed by atoms with Gasteiger partial charge >= 0.3 is 10.1 Å². The fourth-order valence-corrected chi connectivity index (χ4v) is 3.63. The SMILES string of the molecule is O=S(=O)(O)c1ccc(CN2CCc3nc(-c4ccc(Cl)cc4)ncc3C2)o1. The summed E-state index contributed by atoms with van der Waals surface area (Å²) in [4.78, 5) is 11.2. The van der Waals surface area contributed by atoms with E-state index in [2.05, 4.69) is 14.9 Å². The van der Waals surface area contributed by atoms with Gasteiger partial charge in [0.2, 0.25) is 5.09 Å². The summed E-state index contributed by atoms with van der Waals surface area (Å²) in [5, 5.41) is 0.230. The van der Waals surface area contributed by atoms with E-state index in [9.17, 15) is 8.42 Å². The highest BCUT2D eigenvalue weighted by Gasteiger charge is 2.21. The quantitative estimate of drug-likeness (QED) is 0.665. The lowest BCUT2D eigenvalue weighted by atomic mass is 10.1. The van der Waals surface area contributed by atoms with E-state index in [1.807, 2.05) is 30.5 Å². The van der Waals surface area contributed by atoms with E-state index in [1.54, 1.807) is 6.07 Å². The van der Waals surface area contributed by atoms with Crippen molar-refractivity contribution in [1.82, 2.24) is 14.9 Å². The fourth-order valence-electron chi connectivity index (χ4n) is 3.05. The van der Waals surface area contributed by atoms with Gasteiger partial charge in [-0.05, 0) is 36.4 Å². The number of aromatic nitrogens is 2. The van der Waals surface area contributed by atoms with Gasteiger partial charge in [-0.2, -0.15) is 8.42 Å². The average Bonchev–Trinajstić information content (AvgIpc) is 3.11. The van der Waals surface area contributed by atoms with Crippen LogP contribution in [0.1, 0.15) is 17.0 Å². The van der Waals surface area contributed by atoms with Gasteiger partial charge in [0, 0.05) is 41.9 Å². The molecule has 4 rings (SSSR count). The number of halogens is 1. The second-order valence-electron chi connectivity index (χ2n) is 6.33. The van der Waals surface area contributed by atoms with Crippen LogP contribution in [0.3, 0.4) is 0 Å². The summed E-state index contributed by atoms with van der Waals surface area (Å²) in [6.45, 7) is 1.83. The van der Waals surface area contributed by atoms with Crippen LogP contribution >= 0.6 is 11.6 Å². The molecule has 0 saturated carbocycles. The minimum atomic E-state index is -4.32. The van der Waals surface area contributed by atoms with Gasteiger partial charge in [0.05, 0.1) is 12.2 Å². The number of rotatable bonds is 4. The summed E-state index contributed by atoms with van der Waals surface area (Å²) >= 11 is 5.92. The van der Waals surface area contributed by atoms with Crippen LogP contribution in [0.4, 0.5) is 0 Å². The van der Waals surface area contributed by atoms with E-state index in [4.69, 9.17) is 20.6 Å². The maximum absolute atomic E-state index is 11.1. The zero-order valence-corrected chi connectivity index (χ0v) is 15.7. The van der Waals surface area contributed by atoms with E-state index in [0.717, 1.165) is 29.8 Å². The molecule has 7 nitrogen and oxygen atoms in total. The van der Waals surface area contributed by atoms with E-state index in [0.29, 0.717) is 29.7 Å². The smallest absolute Gasteiger partial charge is 0.328 e. The van der Waals surface area contributed by atoms with Crippen LogP contribution in [0.15, 0.2) is 52.1 Å².